The largest absolute Gasteiger partial charge is 0.385 e. The summed E-state index contributed by atoms with van der Waals surface area (Å²) in [7, 11) is 3.55. The van der Waals surface area contributed by atoms with E-state index >= 15 is 0 Å². The number of methoxy groups -OCH3 is 1. The highest BCUT2D eigenvalue weighted by Gasteiger charge is 2.20. The van der Waals surface area contributed by atoms with Crippen LogP contribution in [0.5, 0.6) is 0 Å². The van der Waals surface area contributed by atoms with E-state index < -0.39 is 0 Å². The maximum Gasteiger partial charge on any atom is 0.190 e. The predicted octanol–water partition coefficient (Wildman–Crippen LogP) is 1.15. The van der Waals surface area contributed by atoms with Crippen LogP contribution < -0.4 is 10.6 Å². The minimum absolute atomic E-state index is 0. The number of hydrogen-bond acceptors (Lipinski definition) is 3. The van der Waals surface area contributed by atoms with Crippen LogP contribution in [0.4, 0.5) is 0 Å². The Bertz CT molecular complexity index is 251. The average molecular weight is 384 g/mol. The van der Waals surface area contributed by atoms with Crippen molar-refractivity contribution < 1.29 is 4.74 Å². The van der Waals surface area contributed by atoms with Crippen LogP contribution in [-0.2, 0) is 4.74 Å². The quantitative estimate of drug-likeness (QED) is 0.299. The molecule has 1 aliphatic rings. The Morgan fingerprint density at radius 2 is 2.21 bits per heavy atom. The van der Waals surface area contributed by atoms with Gasteiger partial charge >= 0.3 is 0 Å². The number of ether oxygens (including phenoxy) is 1. The zero-order valence-corrected chi connectivity index (χ0v) is 14.8. The van der Waals surface area contributed by atoms with Gasteiger partial charge in [-0.25, -0.2) is 0 Å². The molecule has 1 rings (SSSR count). The minimum Gasteiger partial charge on any atom is -0.385 e. The highest BCUT2D eigenvalue weighted by Crippen LogP contribution is 2.14. The third kappa shape index (κ3) is 7.94. The van der Waals surface area contributed by atoms with Gasteiger partial charge < -0.3 is 20.3 Å². The number of nitrogens with zero attached hydrogens (tertiary/aromatic N) is 2. The molecule has 0 radical (unpaired) electrons. The van der Waals surface area contributed by atoms with E-state index in [1.54, 1.807) is 7.11 Å². The van der Waals surface area contributed by atoms with E-state index in [-0.39, 0.29) is 24.0 Å². The van der Waals surface area contributed by atoms with Crippen LogP contribution in [-0.4, -0.2) is 64.3 Å². The lowest BCUT2D eigenvalue weighted by molar-refractivity contribution is 0.195. The summed E-state index contributed by atoms with van der Waals surface area (Å²) in [5.41, 5.74) is 0. The summed E-state index contributed by atoms with van der Waals surface area (Å²) in [5, 5.41) is 6.70. The first-order chi connectivity index (χ1) is 8.80. The van der Waals surface area contributed by atoms with Gasteiger partial charge in [0.2, 0.25) is 0 Å². The van der Waals surface area contributed by atoms with Crippen LogP contribution in [0.3, 0.4) is 0 Å². The summed E-state index contributed by atoms with van der Waals surface area (Å²) in [4.78, 5) is 6.73. The maximum absolute atomic E-state index is 5.02. The van der Waals surface area contributed by atoms with Crippen molar-refractivity contribution in [2.24, 2.45) is 10.9 Å². The van der Waals surface area contributed by atoms with Crippen LogP contribution in [0.1, 0.15) is 19.8 Å². The zero-order chi connectivity index (χ0) is 13.2. The first-order valence-corrected chi connectivity index (χ1v) is 6.96. The second-order valence-electron chi connectivity index (χ2n) is 4.77. The summed E-state index contributed by atoms with van der Waals surface area (Å²) < 4.78 is 5.02. The fraction of sp³-hybridized carbons (Fsp3) is 0.923. The van der Waals surface area contributed by atoms with Crippen molar-refractivity contribution in [2.45, 2.75) is 19.8 Å². The summed E-state index contributed by atoms with van der Waals surface area (Å²) in [5.74, 6) is 1.66. The molecule has 1 fully saturated rings. The first kappa shape index (κ1) is 18.9. The molecule has 0 saturated carbocycles. The second-order valence-corrected chi connectivity index (χ2v) is 4.77. The number of halogens is 1. The van der Waals surface area contributed by atoms with Crippen molar-refractivity contribution in [2.75, 3.05) is 53.5 Å². The lowest BCUT2D eigenvalue weighted by Crippen LogP contribution is -2.40. The van der Waals surface area contributed by atoms with Gasteiger partial charge in [0.05, 0.1) is 0 Å². The molecular formula is C13H29IN4O. The van der Waals surface area contributed by atoms with Gasteiger partial charge in [-0.05, 0) is 31.8 Å². The molecular weight excluding hydrogens is 355 g/mol. The number of nitrogens with one attached hydrogen (secondary N) is 2. The zero-order valence-electron chi connectivity index (χ0n) is 12.4. The lowest BCUT2D eigenvalue weighted by atomic mass is 10.1. The Labute approximate surface area is 134 Å². The van der Waals surface area contributed by atoms with E-state index in [1.807, 2.05) is 7.05 Å². The molecule has 0 amide bonds. The molecule has 0 aliphatic carbocycles. The van der Waals surface area contributed by atoms with Crippen molar-refractivity contribution >= 4 is 29.9 Å². The van der Waals surface area contributed by atoms with Crippen molar-refractivity contribution in [1.82, 2.24) is 15.5 Å². The Kier molecular flexibility index (Phi) is 11.7. The molecule has 0 aromatic heterocycles. The van der Waals surface area contributed by atoms with E-state index in [0.717, 1.165) is 38.0 Å². The van der Waals surface area contributed by atoms with Crippen LogP contribution in [0.15, 0.2) is 4.99 Å². The Morgan fingerprint density at radius 1 is 1.42 bits per heavy atom. The van der Waals surface area contributed by atoms with Crippen molar-refractivity contribution in [3.63, 3.8) is 0 Å². The number of hydrogen-bond donors (Lipinski definition) is 2. The maximum atomic E-state index is 5.02. The summed E-state index contributed by atoms with van der Waals surface area (Å²) >= 11 is 0. The normalized spacial score (nSPS) is 20.2. The number of aliphatic imine (C=N–C) groups is 1. The molecule has 0 aromatic carbocycles. The third-order valence-electron chi connectivity index (χ3n) is 3.42. The molecule has 2 N–H and O–H groups in total. The molecule has 6 heteroatoms. The standard InChI is InChI=1S/C13H28N4O.HI/c1-4-17-8-6-12(11-17)10-16-13(14-2)15-7-5-9-18-3;/h12H,4-11H2,1-3H3,(H2,14,15,16);1H. The Balaban J connectivity index is 0.00000324. The summed E-state index contributed by atoms with van der Waals surface area (Å²) in [6.45, 7) is 8.55. The SMILES string of the molecule is CCN1CCC(CNC(=NC)NCCCOC)C1.I. The van der Waals surface area contributed by atoms with Crippen molar-refractivity contribution in [3.8, 4) is 0 Å². The number of guanidine groups is 1. The number of likely N-dealkylation sites (tertiary alicyclic amines) is 1. The van der Waals surface area contributed by atoms with E-state index in [1.165, 1.54) is 26.1 Å². The molecule has 1 atom stereocenters. The monoisotopic (exact) mass is 384 g/mol. The third-order valence-corrected chi connectivity index (χ3v) is 3.42. The summed E-state index contributed by atoms with van der Waals surface area (Å²) in [6.07, 6.45) is 2.30. The first-order valence-electron chi connectivity index (χ1n) is 6.96. The highest BCUT2D eigenvalue weighted by atomic mass is 127. The minimum atomic E-state index is 0. The van der Waals surface area contributed by atoms with Gasteiger partial charge in [-0.3, -0.25) is 4.99 Å². The van der Waals surface area contributed by atoms with E-state index in [0.29, 0.717) is 0 Å². The van der Waals surface area contributed by atoms with E-state index in [4.69, 9.17) is 4.74 Å². The molecule has 0 bridgehead atoms. The van der Waals surface area contributed by atoms with E-state index in [2.05, 4.69) is 27.4 Å². The highest BCUT2D eigenvalue weighted by molar-refractivity contribution is 14.0. The average Bonchev–Trinajstić information content (AvgIpc) is 2.86. The van der Waals surface area contributed by atoms with Gasteiger partial charge in [0, 0.05) is 40.4 Å². The molecule has 1 unspecified atom stereocenters. The van der Waals surface area contributed by atoms with Crippen LogP contribution in [0.2, 0.25) is 0 Å². The predicted molar refractivity (Wildman–Crippen MR) is 91.5 cm³/mol. The van der Waals surface area contributed by atoms with Crippen LogP contribution in [0.25, 0.3) is 0 Å². The Morgan fingerprint density at radius 3 is 2.79 bits per heavy atom. The van der Waals surface area contributed by atoms with Gasteiger partial charge in [-0.1, -0.05) is 6.92 Å². The second kappa shape index (κ2) is 11.7. The molecule has 0 aromatic rings. The van der Waals surface area contributed by atoms with Gasteiger partial charge in [0.1, 0.15) is 0 Å². The van der Waals surface area contributed by atoms with Gasteiger partial charge in [-0.15, -0.1) is 24.0 Å². The fourth-order valence-corrected chi connectivity index (χ4v) is 2.25. The van der Waals surface area contributed by atoms with Gasteiger partial charge in [0.25, 0.3) is 0 Å². The molecule has 0 spiro atoms. The molecule has 1 saturated heterocycles. The smallest absolute Gasteiger partial charge is 0.190 e. The number of rotatable bonds is 7. The fourth-order valence-electron chi connectivity index (χ4n) is 2.25. The molecule has 114 valence electrons. The van der Waals surface area contributed by atoms with E-state index in [9.17, 15) is 0 Å². The molecule has 19 heavy (non-hydrogen) atoms. The van der Waals surface area contributed by atoms with Crippen LogP contribution >= 0.6 is 24.0 Å². The van der Waals surface area contributed by atoms with Crippen molar-refractivity contribution in [1.29, 1.82) is 0 Å². The summed E-state index contributed by atoms with van der Waals surface area (Å²) in [6, 6.07) is 0. The van der Waals surface area contributed by atoms with Gasteiger partial charge in [-0.2, -0.15) is 0 Å². The molecule has 1 aliphatic heterocycles. The van der Waals surface area contributed by atoms with Crippen LogP contribution in [0, 0.1) is 5.92 Å². The Hall–Kier alpha value is -0.0800. The topological polar surface area (TPSA) is 48.9 Å². The van der Waals surface area contributed by atoms with Crippen molar-refractivity contribution in [3.05, 3.63) is 0 Å². The van der Waals surface area contributed by atoms with Gasteiger partial charge in [0.15, 0.2) is 5.96 Å². The lowest BCUT2D eigenvalue weighted by Gasteiger charge is -2.16. The molecule has 1 heterocycles. The molecule has 5 nitrogen and oxygen atoms in total.